The second-order valence-corrected chi connectivity index (χ2v) is 20.2. The Labute approximate surface area is 378 Å². The van der Waals surface area contributed by atoms with Gasteiger partial charge < -0.3 is 15.2 Å². The minimum absolute atomic E-state index is 0.00175. The fraction of sp³-hybridized carbons (Fsp3) is 0.442. The van der Waals surface area contributed by atoms with E-state index in [4.69, 9.17) is 22.0 Å². The van der Waals surface area contributed by atoms with Gasteiger partial charge in [0.2, 0.25) is 11.7 Å². The third-order valence-electron chi connectivity index (χ3n) is 10.5. The number of amides is 1. The van der Waals surface area contributed by atoms with Gasteiger partial charge in [0.25, 0.3) is 24.7 Å². The van der Waals surface area contributed by atoms with E-state index in [2.05, 4.69) is 27.0 Å². The fourth-order valence-corrected chi connectivity index (χ4v) is 9.98. The first-order valence-electron chi connectivity index (χ1n) is 20.2. The molecule has 0 bridgehead atoms. The number of anilines is 1. The zero-order valence-electron chi connectivity index (χ0n) is 34.4. The molecule has 0 saturated heterocycles. The van der Waals surface area contributed by atoms with Crippen LogP contribution in [0.25, 0.3) is 22.0 Å². The number of thioether (sulfide) groups is 1. The number of carbonyl (C=O) groups is 1. The predicted molar refractivity (Wildman–Crippen MR) is 229 cm³/mol. The van der Waals surface area contributed by atoms with Gasteiger partial charge in [-0.1, -0.05) is 23.6 Å². The van der Waals surface area contributed by atoms with Crippen LogP contribution in [0.1, 0.15) is 75.4 Å². The van der Waals surface area contributed by atoms with Crippen LogP contribution in [0.5, 0.6) is 0 Å². The molecule has 22 heteroatoms. The normalized spacial score (nSPS) is 18.1. The molecule has 0 radical (unpaired) electrons. The third-order valence-corrected chi connectivity index (χ3v) is 13.8. The van der Waals surface area contributed by atoms with Crippen molar-refractivity contribution < 1.29 is 53.3 Å². The first-order chi connectivity index (χ1) is 30.5. The lowest BCUT2D eigenvalue weighted by atomic mass is 9.86. The molecule has 4 aromatic rings. The second-order valence-electron chi connectivity index (χ2n) is 16.4. The Balaban J connectivity index is 1.38. The molecule has 2 heterocycles. The smallest absolute Gasteiger partial charge is 0.288 e. The molecule has 2 unspecified atom stereocenters. The highest BCUT2D eigenvalue weighted by Crippen LogP contribution is 2.46. The van der Waals surface area contributed by atoms with Crippen LogP contribution in [-0.4, -0.2) is 77.4 Å². The number of aromatic nitrogens is 3. The van der Waals surface area contributed by atoms with Crippen molar-refractivity contribution >= 4 is 63.1 Å². The molecule has 0 aliphatic heterocycles. The number of fused-ring (bicyclic) bond motifs is 1. The van der Waals surface area contributed by atoms with E-state index >= 15 is 8.78 Å². The Morgan fingerprint density at radius 3 is 2.31 bits per heavy atom. The molecule has 4 N–H and O–H groups in total. The molecule has 7 rings (SSSR count). The van der Waals surface area contributed by atoms with Crippen molar-refractivity contribution in [2.45, 2.75) is 111 Å². The van der Waals surface area contributed by atoms with Gasteiger partial charge in [-0.15, -0.1) is 16.9 Å². The molecule has 65 heavy (non-hydrogen) atoms. The molecule has 9 nitrogen and oxygen atoms in total. The summed E-state index contributed by atoms with van der Waals surface area (Å²) in [6.45, 7) is 1.58. The number of rotatable bonds is 17. The molecule has 3 aliphatic rings. The van der Waals surface area contributed by atoms with E-state index in [-0.39, 0.29) is 55.1 Å². The molecular weight excluding hydrogens is 936 g/mol. The van der Waals surface area contributed by atoms with Gasteiger partial charge in [0, 0.05) is 48.1 Å². The third kappa shape index (κ3) is 11.5. The van der Waals surface area contributed by atoms with Gasteiger partial charge in [-0.3, -0.25) is 14.9 Å². The summed E-state index contributed by atoms with van der Waals surface area (Å²) in [6.07, 6.45) is -7.03. The minimum atomic E-state index is -4.28. The molecule has 3 aliphatic carbocycles. The van der Waals surface area contributed by atoms with Crippen molar-refractivity contribution in [3.8, 4) is 23.0 Å². The van der Waals surface area contributed by atoms with Gasteiger partial charge in [-0.2, -0.15) is 13.5 Å². The van der Waals surface area contributed by atoms with Crippen molar-refractivity contribution in [2.75, 3.05) is 11.3 Å². The van der Waals surface area contributed by atoms with Crippen LogP contribution >= 0.6 is 23.4 Å². The highest BCUT2D eigenvalue weighted by atomic mass is 35.5. The number of halogens is 11. The minimum Gasteiger partial charge on any atom is -0.593 e. The van der Waals surface area contributed by atoms with Crippen LogP contribution in [0.3, 0.4) is 0 Å². The molecule has 2 aromatic carbocycles. The number of allylic oxidation sites excluding steroid dienone is 2. The van der Waals surface area contributed by atoms with Gasteiger partial charge in [-0.25, -0.2) is 40.1 Å². The van der Waals surface area contributed by atoms with E-state index in [9.17, 15) is 44.5 Å². The summed E-state index contributed by atoms with van der Waals surface area (Å²) in [7, 11) is 0. The quantitative estimate of drug-likeness (QED) is 0.0359. The molecule has 0 spiro atoms. The maximum absolute atomic E-state index is 15.2. The van der Waals surface area contributed by atoms with Crippen LogP contribution in [-0.2, 0) is 29.1 Å². The summed E-state index contributed by atoms with van der Waals surface area (Å²) in [5.74, 6) is -5.63. The first-order valence-corrected chi connectivity index (χ1v) is 22.7. The van der Waals surface area contributed by atoms with E-state index in [1.807, 2.05) is 19.2 Å². The van der Waals surface area contributed by atoms with Crippen molar-refractivity contribution in [1.29, 1.82) is 5.41 Å². The molecule has 2 saturated carbocycles. The Bertz CT molecular complexity index is 2570. The summed E-state index contributed by atoms with van der Waals surface area (Å²) in [5, 5.41) is 16.6. The van der Waals surface area contributed by atoms with Crippen LogP contribution in [0.2, 0.25) is 5.02 Å². The van der Waals surface area contributed by atoms with E-state index in [1.165, 1.54) is 24.3 Å². The SMILES string of the molecule is CC(C)(C#Cc1ccc(-c2ccc(Cl)c3c(N[S+]([O-])C4CC4)nn(CC(F)F)c23)c(C(Cc2cc(F)cc(F)c2)NC(=O)CNC2=C(C(=N)C(F)F)C(F)(F)CCC2(F)F)n1)SC1CC1. The largest absolute Gasteiger partial charge is 0.593 e. The highest BCUT2D eigenvalue weighted by Gasteiger charge is 2.53. The molecular formula is C43H40ClF10N7O2S2. The summed E-state index contributed by atoms with van der Waals surface area (Å²) >= 11 is 6.67. The molecule has 2 atom stereocenters. The van der Waals surface area contributed by atoms with E-state index in [0.29, 0.717) is 24.2 Å². The zero-order valence-corrected chi connectivity index (χ0v) is 36.8. The monoisotopic (exact) mass is 975 g/mol. The van der Waals surface area contributed by atoms with E-state index < -0.39 is 114 Å². The number of carbonyl (C=O) groups excluding carboxylic acids is 1. The van der Waals surface area contributed by atoms with Gasteiger partial charge in [0.1, 0.15) is 34.8 Å². The van der Waals surface area contributed by atoms with Crippen molar-refractivity contribution in [3.05, 3.63) is 87.3 Å². The lowest BCUT2D eigenvalue weighted by Crippen LogP contribution is -2.47. The molecule has 2 fully saturated rings. The Kier molecular flexibility index (Phi) is 14.1. The number of benzene rings is 2. The summed E-state index contributed by atoms with van der Waals surface area (Å²) in [4.78, 5) is 18.7. The number of nitrogens with one attached hydrogen (secondary N) is 4. The van der Waals surface area contributed by atoms with E-state index in [0.717, 1.165) is 29.7 Å². The average molecular weight is 976 g/mol. The standard InChI is InChI=1S/C43H40ClF10N7O2S2/c1-41(2,64-25-4-5-25)12-11-24-3-8-27(28-9-10-29(44)33-37(28)61(20-31(47)48)59-40(33)60-65(63)26-6-7-26)36(57-24)30(17-21-15-22(45)18-23(46)16-21)58-32(62)19-56-38-34(35(55)39(49)50)42(51,52)13-14-43(38,53)54/h3,8-10,15-16,18,25-26,30-31,39,55-56H,4-7,13-14,17,19-20H2,1-2H3,(H,58,62)(H,59,60). The van der Waals surface area contributed by atoms with Crippen LogP contribution in [0.15, 0.2) is 53.7 Å². The first kappa shape index (κ1) is 48.3. The molecule has 1 amide bonds. The number of pyridine rings is 1. The molecule has 348 valence electrons. The predicted octanol–water partition coefficient (Wildman–Crippen LogP) is 10.2. The van der Waals surface area contributed by atoms with Crippen LogP contribution < -0.4 is 15.4 Å². The maximum Gasteiger partial charge on any atom is 0.288 e. The maximum atomic E-state index is 15.2. The van der Waals surface area contributed by atoms with Crippen LogP contribution in [0.4, 0.5) is 49.7 Å². The Hall–Kier alpha value is -4.65. The Morgan fingerprint density at radius 1 is 1.02 bits per heavy atom. The molecule has 2 aromatic heterocycles. The van der Waals surface area contributed by atoms with Crippen molar-refractivity contribution in [1.82, 2.24) is 25.4 Å². The fourth-order valence-electron chi connectivity index (χ4n) is 7.36. The van der Waals surface area contributed by atoms with Gasteiger partial charge in [-0.05, 0) is 74.9 Å². The number of alkyl halides is 8. The number of hydrogen-bond donors (Lipinski definition) is 4. The van der Waals surface area contributed by atoms with Crippen LogP contribution in [0, 0.1) is 28.9 Å². The van der Waals surface area contributed by atoms with Gasteiger partial charge in [0.05, 0.1) is 61.6 Å². The lowest BCUT2D eigenvalue weighted by Gasteiger charge is -2.34. The summed E-state index contributed by atoms with van der Waals surface area (Å²) in [6, 6.07) is 6.80. The number of nitrogens with zero attached hydrogens (tertiary/aromatic N) is 3. The lowest BCUT2D eigenvalue weighted by molar-refractivity contribution is -0.121. The van der Waals surface area contributed by atoms with E-state index in [1.54, 1.807) is 11.8 Å². The van der Waals surface area contributed by atoms with Crippen molar-refractivity contribution in [2.24, 2.45) is 0 Å². The van der Waals surface area contributed by atoms with Crippen molar-refractivity contribution in [3.63, 3.8) is 0 Å². The topological polar surface area (TPSA) is 131 Å². The summed E-state index contributed by atoms with van der Waals surface area (Å²) < 4.78 is 162. The average Bonchev–Trinajstić information content (AvgIpc) is 4.16. The summed E-state index contributed by atoms with van der Waals surface area (Å²) in [5.41, 5.74) is -5.62. The number of hydrogen-bond acceptors (Lipinski definition) is 8. The van der Waals surface area contributed by atoms with Gasteiger partial charge >= 0.3 is 0 Å². The highest BCUT2D eigenvalue weighted by molar-refractivity contribution is 8.01. The Morgan fingerprint density at radius 2 is 1.68 bits per heavy atom. The van der Waals surface area contributed by atoms with Gasteiger partial charge in [0.15, 0.2) is 0 Å². The second kappa shape index (κ2) is 18.9. The zero-order chi connectivity index (χ0) is 47.2.